The molecule has 3 rings (SSSR count). The van der Waals surface area contributed by atoms with Crippen molar-refractivity contribution in [1.82, 2.24) is 4.90 Å². The van der Waals surface area contributed by atoms with Crippen molar-refractivity contribution in [3.05, 3.63) is 34.9 Å². The lowest BCUT2D eigenvalue weighted by atomic mass is 9.94. The molecule has 0 N–H and O–H groups in total. The second-order valence-corrected chi connectivity index (χ2v) is 6.62. The number of rotatable bonds is 3. The van der Waals surface area contributed by atoms with Gasteiger partial charge in [-0.05, 0) is 36.8 Å². The lowest BCUT2D eigenvalue weighted by molar-refractivity contribution is -0.134. The normalized spacial score (nSPS) is 26.3. The number of halogens is 1. The number of benzene rings is 1. The molecular formula is C17H22ClNO. The molecule has 0 saturated heterocycles. The van der Waals surface area contributed by atoms with E-state index in [1.807, 2.05) is 30.1 Å². The van der Waals surface area contributed by atoms with E-state index in [2.05, 4.69) is 6.07 Å². The molecule has 108 valence electrons. The molecule has 0 bridgehead atoms. The monoisotopic (exact) mass is 291 g/mol. The Morgan fingerprint density at radius 3 is 2.60 bits per heavy atom. The molecule has 2 aliphatic rings. The van der Waals surface area contributed by atoms with Crippen LogP contribution in [0.1, 0.15) is 50.0 Å². The van der Waals surface area contributed by atoms with Crippen LogP contribution in [-0.4, -0.2) is 23.9 Å². The Hall–Kier alpha value is -1.02. The van der Waals surface area contributed by atoms with E-state index in [-0.39, 0.29) is 5.92 Å². The SMILES string of the molecule is CN(C(=O)C1CC1c1ccccc1Cl)C1CCCCC1. The van der Waals surface area contributed by atoms with E-state index < -0.39 is 0 Å². The molecule has 1 aromatic carbocycles. The fraction of sp³-hybridized carbons (Fsp3) is 0.588. The summed E-state index contributed by atoms with van der Waals surface area (Å²) in [4.78, 5) is 14.6. The van der Waals surface area contributed by atoms with Crippen LogP contribution in [0.15, 0.2) is 24.3 Å². The summed E-state index contributed by atoms with van der Waals surface area (Å²) in [5, 5.41) is 0.799. The molecule has 2 aliphatic carbocycles. The molecule has 2 unspecified atom stereocenters. The van der Waals surface area contributed by atoms with Crippen LogP contribution in [-0.2, 0) is 4.79 Å². The standard InChI is InChI=1S/C17H22ClNO/c1-19(12-7-3-2-4-8-12)17(20)15-11-14(15)13-9-5-6-10-16(13)18/h5-6,9-10,12,14-15H,2-4,7-8,11H2,1H3. The summed E-state index contributed by atoms with van der Waals surface area (Å²) in [5.74, 6) is 0.811. The maximum atomic E-state index is 12.6. The highest BCUT2D eigenvalue weighted by molar-refractivity contribution is 6.31. The highest BCUT2D eigenvalue weighted by Crippen LogP contribution is 2.50. The lowest BCUT2D eigenvalue weighted by Crippen LogP contribution is -2.39. The summed E-state index contributed by atoms with van der Waals surface area (Å²) in [6.07, 6.45) is 7.16. The molecule has 2 nitrogen and oxygen atoms in total. The van der Waals surface area contributed by atoms with E-state index in [1.165, 1.54) is 32.1 Å². The van der Waals surface area contributed by atoms with Crippen LogP contribution in [0.25, 0.3) is 0 Å². The molecule has 0 spiro atoms. The maximum Gasteiger partial charge on any atom is 0.226 e. The van der Waals surface area contributed by atoms with Gasteiger partial charge in [-0.15, -0.1) is 0 Å². The van der Waals surface area contributed by atoms with E-state index in [0.717, 1.165) is 17.0 Å². The molecule has 2 saturated carbocycles. The Kier molecular flexibility index (Phi) is 4.02. The van der Waals surface area contributed by atoms with E-state index >= 15 is 0 Å². The van der Waals surface area contributed by atoms with Crippen molar-refractivity contribution in [2.45, 2.75) is 50.5 Å². The molecule has 0 aromatic heterocycles. The first-order chi connectivity index (χ1) is 9.68. The summed E-state index contributed by atoms with van der Waals surface area (Å²) < 4.78 is 0. The van der Waals surface area contributed by atoms with Crippen molar-refractivity contribution in [2.75, 3.05) is 7.05 Å². The minimum absolute atomic E-state index is 0.154. The number of amides is 1. The molecule has 1 amide bonds. The Labute approximate surface area is 126 Å². The predicted octanol–water partition coefficient (Wildman–Crippen LogP) is 4.23. The Balaban J connectivity index is 1.63. The molecule has 0 aliphatic heterocycles. The van der Waals surface area contributed by atoms with Crippen LogP contribution in [0, 0.1) is 5.92 Å². The summed E-state index contributed by atoms with van der Waals surface area (Å²) in [5.41, 5.74) is 1.14. The zero-order valence-corrected chi connectivity index (χ0v) is 12.8. The van der Waals surface area contributed by atoms with Gasteiger partial charge in [0.15, 0.2) is 0 Å². The highest BCUT2D eigenvalue weighted by atomic mass is 35.5. The Morgan fingerprint density at radius 1 is 1.20 bits per heavy atom. The van der Waals surface area contributed by atoms with Gasteiger partial charge in [0.1, 0.15) is 0 Å². The van der Waals surface area contributed by atoms with Crippen molar-refractivity contribution >= 4 is 17.5 Å². The van der Waals surface area contributed by atoms with Gasteiger partial charge in [0, 0.05) is 24.0 Å². The zero-order valence-electron chi connectivity index (χ0n) is 12.0. The van der Waals surface area contributed by atoms with Crippen LogP contribution in [0.2, 0.25) is 5.02 Å². The van der Waals surface area contributed by atoms with Crippen LogP contribution >= 0.6 is 11.6 Å². The first kappa shape index (κ1) is 13.9. The first-order valence-corrected chi connectivity index (χ1v) is 8.07. The van der Waals surface area contributed by atoms with E-state index in [1.54, 1.807) is 0 Å². The largest absolute Gasteiger partial charge is 0.343 e. The second-order valence-electron chi connectivity index (χ2n) is 6.21. The Morgan fingerprint density at radius 2 is 1.90 bits per heavy atom. The average molecular weight is 292 g/mol. The Bertz CT molecular complexity index is 496. The molecule has 0 heterocycles. The van der Waals surface area contributed by atoms with Crippen LogP contribution in [0.3, 0.4) is 0 Å². The molecular weight excluding hydrogens is 270 g/mol. The molecule has 20 heavy (non-hydrogen) atoms. The number of nitrogens with zero attached hydrogens (tertiary/aromatic N) is 1. The van der Waals surface area contributed by atoms with E-state index in [4.69, 9.17) is 11.6 Å². The van der Waals surface area contributed by atoms with E-state index in [9.17, 15) is 4.79 Å². The number of hydrogen-bond acceptors (Lipinski definition) is 1. The fourth-order valence-electron chi connectivity index (χ4n) is 3.50. The zero-order chi connectivity index (χ0) is 14.1. The van der Waals surface area contributed by atoms with E-state index in [0.29, 0.717) is 17.9 Å². The minimum atomic E-state index is 0.154. The fourth-order valence-corrected chi connectivity index (χ4v) is 3.77. The summed E-state index contributed by atoms with van der Waals surface area (Å²) in [6.45, 7) is 0. The van der Waals surface area contributed by atoms with Crippen LogP contribution in [0.5, 0.6) is 0 Å². The third-order valence-corrected chi connectivity index (χ3v) is 5.23. The van der Waals surface area contributed by atoms with Gasteiger partial charge < -0.3 is 4.90 Å². The lowest BCUT2D eigenvalue weighted by Gasteiger charge is -2.31. The molecule has 2 atom stereocenters. The first-order valence-electron chi connectivity index (χ1n) is 7.69. The highest BCUT2D eigenvalue weighted by Gasteiger charge is 2.46. The smallest absolute Gasteiger partial charge is 0.226 e. The van der Waals surface area contributed by atoms with Gasteiger partial charge >= 0.3 is 0 Å². The predicted molar refractivity (Wildman–Crippen MR) is 81.9 cm³/mol. The molecule has 0 radical (unpaired) electrons. The summed E-state index contributed by atoms with van der Waals surface area (Å²) in [7, 11) is 1.99. The van der Waals surface area contributed by atoms with Gasteiger partial charge in [0.25, 0.3) is 0 Å². The van der Waals surface area contributed by atoms with Crippen molar-refractivity contribution in [3.8, 4) is 0 Å². The third kappa shape index (κ3) is 2.71. The topological polar surface area (TPSA) is 20.3 Å². The summed E-state index contributed by atoms with van der Waals surface area (Å²) >= 11 is 6.23. The van der Waals surface area contributed by atoms with Gasteiger partial charge in [-0.2, -0.15) is 0 Å². The van der Waals surface area contributed by atoms with Crippen LogP contribution in [0.4, 0.5) is 0 Å². The van der Waals surface area contributed by atoms with Gasteiger partial charge in [0.2, 0.25) is 5.91 Å². The van der Waals surface area contributed by atoms with Crippen molar-refractivity contribution in [2.24, 2.45) is 5.92 Å². The number of carbonyl (C=O) groups is 1. The van der Waals surface area contributed by atoms with Crippen molar-refractivity contribution < 1.29 is 4.79 Å². The van der Waals surface area contributed by atoms with Gasteiger partial charge in [-0.1, -0.05) is 49.1 Å². The van der Waals surface area contributed by atoms with Crippen molar-refractivity contribution in [1.29, 1.82) is 0 Å². The molecule has 3 heteroatoms. The second kappa shape index (κ2) is 5.77. The van der Waals surface area contributed by atoms with Gasteiger partial charge in [-0.25, -0.2) is 0 Å². The number of carbonyl (C=O) groups excluding carboxylic acids is 1. The quantitative estimate of drug-likeness (QED) is 0.816. The number of hydrogen-bond donors (Lipinski definition) is 0. The minimum Gasteiger partial charge on any atom is -0.343 e. The molecule has 2 fully saturated rings. The maximum absolute atomic E-state index is 12.6. The average Bonchev–Trinajstić information content (AvgIpc) is 3.27. The van der Waals surface area contributed by atoms with Gasteiger partial charge in [-0.3, -0.25) is 4.79 Å². The third-order valence-electron chi connectivity index (χ3n) is 4.88. The van der Waals surface area contributed by atoms with Crippen molar-refractivity contribution in [3.63, 3.8) is 0 Å². The summed E-state index contributed by atoms with van der Waals surface area (Å²) in [6, 6.07) is 8.39. The van der Waals surface area contributed by atoms with Crippen LogP contribution < -0.4 is 0 Å². The molecule has 1 aromatic rings. The van der Waals surface area contributed by atoms with Gasteiger partial charge in [0.05, 0.1) is 0 Å².